The van der Waals surface area contributed by atoms with E-state index in [1.807, 2.05) is 0 Å². The van der Waals surface area contributed by atoms with E-state index in [-0.39, 0.29) is 0 Å². The van der Waals surface area contributed by atoms with Crippen molar-refractivity contribution in [1.82, 2.24) is 0 Å². The Labute approximate surface area is 83.1 Å². The lowest BCUT2D eigenvalue weighted by molar-refractivity contribution is -0.145. The number of carboxylic acid groups (broad SMARTS) is 1. The zero-order chi connectivity index (χ0) is 9.87. The van der Waals surface area contributed by atoms with Gasteiger partial charge < -0.3 is 10.2 Å². The maximum absolute atomic E-state index is 10.9. The van der Waals surface area contributed by atoms with Crippen molar-refractivity contribution < 1.29 is 15.0 Å². The molecule has 14 heavy (non-hydrogen) atoms. The second-order valence-electron chi connectivity index (χ2n) is 5.25. The van der Waals surface area contributed by atoms with Crippen LogP contribution in [0.5, 0.6) is 0 Å². The second-order valence-corrected chi connectivity index (χ2v) is 5.25. The summed E-state index contributed by atoms with van der Waals surface area (Å²) in [5.41, 5.74) is 0. The molecular weight excluding hydrogens is 180 g/mol. The number of carboxylic acids is 1. The predicted octanol–water partition coefficient (Wildman–Crippen LogP) is 1.11. The van der Waals surface area contributed by atoms with Gasteiger partial charge >= 0.3 is 5.97 Å². The van der Waals surface area contributed by atoms with E-state index in [9.17, 15) is 9.90 Å². The molecule has 3 aliphatic rings. The number of rotatable bonds is 1. The summed E-state index contributed by atoms with van der Waals surface area (Å²) in [4.78, 5) is 10.9. The highest BCUT2D eigenvalue weighted by molar-refractivity contribution is 5.71. The molecule has 0 aliphatic heterocycles. The SMILES string of the molecule is O=C(O)C1CC2C3CCC(C3)C2C1O. The van der Waals surface area contributed by atoms with E-state index < -0.39 is 18.0 Å². The van der Waals surface area contributed by atoms with Gasteiger partial charge in [-0.1, -0.05) is 0 Å². The maximum atomic E-state index is 10.9. The third kappa shape index (κ3) is 0.937. The normalized spacial score (nSPS) is 54.9. The zero-order valence-corrected chi connectivity index (χ0v) is 8.10. The van der Waals surface area contributed by atoms with Crippen LogP contribution in [0, 0.1) is 29.6 Å². The van der Waals surface area contributed by atoms with Crippen molar-refractivity contribution in [1.29, 1.82) is 0 Å². The molecule has 0 saturated heterocycles. The van der Waals surface area contributed by atoms with Crippen molar-refractivity contribution in [2.45, 2.75) is 31.8 Å². The van der Waals surface area contributed by atoms with E-state index in [0.717, 1.165) is 12.3 Å². The molecular formula is C11H16O3. The van der Waals surface area contributed by atoms with Gasteiger partial charge in [-0.2, -0.15) is 0 Å². The molecule has 2 N–H and O–H groups in total. The number of aliphatic carboxylic acids is 1. The largest absolute Gasteiger partial charge is 0.481 e. The lowest BCUT2D eigenvalue weighted by Gasteiger charge is -2.26. The summed E-state index contributed by atoms with van der Waals surface area (Å²) in [5.74, 6) is 0.910. The number of fused-ring (bicyclic) bond motifs is 5. The van der Waals surface area contributed by atoms with Crippen LogP contribution in [0.2, 0.25) is 0 Å². The third-order valence-electron chi connectivity index (χ3n) is 4.81. The molecule has 78 valence electrons. The van der Waals surface area contributed by atoms with E-state index >= 15 is 0 Å². The van der Waals surface area contributed by atoms with Crippen LogP contribution in [0.1, 0.15) is 25.7 Å². The Morgan fingerprint density at radius 1 is 1.14 bits per heavy atom. The molecule has 6 atom stereocenters. The van der Waals surface area contributed by atoms with Crippen molar-refractivity contribution in [2.24, 2.45) is 29.6 Å². The Bertz CT molecular complexity index is 276. The van der Waals surface area contributed by atoms with Gasteiger partial charge in [-0.25, -0.2) is 0 Å². The second kappa shape index (κ2) is 2.72. The third-order valence-corrected chi connectivity index (χ3v) is 4.81. The van der Waals surface area contributed by atoms with Gasteiger partial charge in [0.1, 0.15) is 0 Å². The standard InChI is InChI=1S/C11H16O3/c12-10-8(11(13)14)4-7-5-1-2-6(3-5)9(7)10/h5-10,12H,1-4H2,(H,13,14). The Balaban J connectivity index is 1.86. The van der Waals surface area contributed by atoms with Crippen LogP contribution in [0.4, 0.5) is 0 Å². The monoisotopic (exact) mass is 196 g/mol. The average molecular weight is 196 g/mol. The molecule has 3 fully saturated rings. The van der Waals surface area contributed by atoms with E-state index in [1.165, 1.54) is 19.3 Å². The van der Waals surface area contributed by atoms with Gasteiger partial charge in [-0.3, -0.25) is 4.79 Å². The van der Waals surface area contributed by atoms with Gasteiger partial charge in [0, 0.05) is 0 Å². The minimum atomic E-state index is -0.800. The molecule has 3 aliphatic carbocycles. The Morgan fingerprint density at radius 2 is 1.86 bits per heavy atom. The summed E-state index contributed by atoms with van der Waals surface area (Å²) < 4.78 is 0. The van der Waals surface area contributed by atoms with Crippen molar-refractivity contribution in [2.75, 3.05) is 0 Å². The molecule has 0 heterocycles. The zero-order valence-electron chi connectivity index (χ0n) is 8.10. The fourth-order valence-corrected chi connectivity index (χ4v) is 4.28. The summed E-state index contributed by atoms with van der Waals surface area (Å²) in [7, 11) is 0. The first kappa shape index (κ1) is 8.72. The first-order valence-electron chi connectivity index (χ1n) is 5.59. The van der Waals surface area contributed by atoms with Gasteiger partial charge in [-0.05, 0) is 49.4 Å². The molecule has 2 bridgehead atoms. The van der Waals surface area contributed by atoms with Gasteiger partial charge in [0.2, 0.25) is 0 Å². The molecule has 0 radical (unpaired) electrons. The number of hydrogen-bond donors (Lipinski definition) is 2. The van der Waals surface area contributed by atoms with Gasteiger partial charge in [0.25, 0.3) is 0 Å². The quantitative estimate of drug-likeness (QED) is 0.660. The smallest absolute Gasteiger partial charge is 0.309 e. The van der Waals surface area contributed by atoms with Crippen molar-refractivity contribution in [3.05, 3.63) is 0 Å². The Hall–Kier alpha value is -0.570. The van der Waals surface area contributed by atoms with Crippen molar-refractivity contribution >= 4 is 5.97 Å². The van der Waals surface area contributed by atoms with Crippen LogP contribution in [-0.4, -0.2) is 22.3 Å². The van der Waals surface area contributed by atoms with Gasteiger partial charge in [0.05, 0.1) is 12.0 Å². The van der Waals surface area contributed by atoms with Crippen LogP contribution < -0.4 is 0 Å². The van der Waals surface area contributed by atoms with Gasteiger partial charge in [-0.15, -0.1) is 0 Å². The minimum absolute atomic E-state index is 0.315. The first-order chi connectivity index (χ1) is 6.68. The highest BCUT2D eigenvalue weighted by Gasteiger charge is 2.57. The highest BCUT2D eigenvalue weighted by atomic mass is 16.4. The fourth-order valence-electron chi connectivity index (χ4n) is 4.28. The Kier molecular flexibility index (Phi) is 1.69. The topological polar surface area (TPSA) is 57.5 Å². The molecule has 3 saturated carbocycles. The Morgan fingerprint density at radius 3 is 2.50 bits per heavy atom. The lowest BCUT2D eigenvalue weighted by Crippen LogP contribution is -2.30. The number of aliphatic hydroxyl groups excluding tert-OH is 1. The molecule has 3 rings (SSSR count). The summed E-state index contributed by atoms with van der Waals surface area (Å²) in [6.45, 7) is 0. The predicted molar refractivity (Wildman–Crippen MR) is 49.6 cm³/mol. The van der Waals surface area contributed by atoms with E-state index in [1.54, 1.807) is 0 Å². The summed E-state index contributed by atoms with van der Waals surface area (Å²) in [5, 5.41) is 18.9. The lowest BCUT2D eigenvalue weighted by atomic mass is 9.81. The molecule has 0 aromatic heterocycles. The number of aliphatic hydroxyl groups is 1. The average Bonchev–Trinajstić information content (AvgIpc) is 2.75. The first-order valence-corrected chi connectivity index (χ1v) is 5.59. The summed E-state index contributed by atoms with van der Waals surface area (Å²) >= 11 is 0. The van der Waals surface area contributed by atoms with Crippen molar-refractivity contribution in [3.63, 3.8) is 0 Å². The number of hydrogen-bond acceptors (Lipinski definition) is 2. The van der Waals surface area contributed by atoms with E-state index in [4.69, 9.17) is 5.11 Å². The van der Waals surface area contributed by atoms with Crippen LogP contribution in [0.15, 0.2) is 0 Å². The van der Waals surface area contributed by atoms with E-state index in [0.29, 0.717) is 17.8 Å². The summed E-state index contributed by atoms with van der Waals surface area (Å²) in [6, 6.07) is 0. The number of carbonyl (C=O) groups is 1. The molecule has 0 aromatic rings. The van der Waals surface area contributed by atoms with Crippen molar-refractivity contribution in [3.8, 4) is 0 Å². The summed E-state index contributed by atoms with van der Waals surface area (Å²) in [6.07, 6.45) is 3.90. The highest BCUT2D eigenvalue weighted by Crippen LogP contribution is 2.60. The van der Waals surface area contributed by atoms with Crippen LogP contribution in [-0.2, 0) is 4.79 Å². The van der Waals surface area contributed by atoms with Crippen LogP contribution in [0.25, 0.3) is 0 Å². The molecule has 0 aromatic carbocycles. The minimum Gasteiger partial charge on any atom is -0.481 e. The molecule has 3 nitrogen and oxygen atoms in total. The van der Waals surface area contributed by atoms with Crippen LogP contribution >= 0.6 is 0 Å². The van der Waals surface area contributed by atoms with Gasteiger partial charge in [0.15, 0.2) is 0 Å². The molecule has 0 amide bonds. The molecule has 0 spiro atoms. The van der Waals surface area contributed by atoms with E-state index in [2.05, 4.69) is 0 Å². The maximum Gasteiger partial charge on any atom is 0.309 e. The fraction of sp³-hybridized carbons (Fsp3) is 0.909. The molecule has 6 unspecified atom stereocenters. The van der Waals surface area contributed by atoms with Crippen LogP contribution in [0.3, 0.4) is 0 Å². The molecule has 3 heteroatoms.